The Morgan fingerprint density at radius 1 is 0.875 bits per heavy atom. The molecule has 0 fully saturated rings. The quantitative estimate of drug-likeness (QED) is 0.202. The van der Waals surface area contributed by atoms with Gasteiger partial charge in [-0.1, -0.05) is 0 Å². The molecule has 0 rings (SSSR count). The molecule has 0 saturated heterocycles. The Bertz CT molecular complexity index is 12.4. The van der Waals surface area contributed by atoms with Gasteiger partial charge in [0.2, 0.25) is 0 Å². The molecule has 0 aromatic carbocycles. The summed E-state index contributed by atoms with van der Waals surface area (Å²) in [5, 5.41) is 0. The minimum Gasteiger partial charge on any atom is 1.00 e. The van der Waals surface area contributed by atoms with Crippen molar-refractivity contribution in [3.63, 3.8) is 0 Å². The molecule has 0 heterocycles. The van der Waals surface area contributed by atoms with Gasteiger partial charge in [-0.15, -0.1) is 0 Å². The number of hydrogen-bond acceptors (Lipinski definition) is 0. The molecule has 0 aliphatic rings. The second-order valence-electron chi connectivity index (χ2n) is 0.0714. The van der Waals surface area contributed by atoms with Crippen LogP contribution in [0.2, 0.25) is 0 Å². The first-order valence-electron chi connectivity index (χ1n) is 0.378. The van der Waals surface area contributed by atoms with E-state index in [2.05, 4.69) is 0 Å². The number of hydrogen-bond donors (Lipinski definition) is 0. The van der Waals surface area contributed by atoms with E-state index in [1.54, 1.807) is 0 Å². The van der Waals surface area contributed by atoms with Crippen molar-refractivity contribution in [2.24, 2.45) is 0 Å². The van der Waals surface area contributed by atoms with Crippen LogP contribution in [-0.4, -0.2) is 25.5 Å². The molecule has 52 valence electrons. The summed E-state index contributed by atoms with van der Waals surface area (Å²) in [4.78, 5) is 0. The van der Waals surface area contributed by atoms with Crippen LogP contribution in [0.5, 0.6) is 0 Å². The third-order valence-electron chi connectivity index (χ3n) is 0. The van der Waals surface area contributed by atoms with E-state index >= 15 is 0 Å². The Morgan fingerprint density at radius 3 is 0.875 bits per heavy atom. The van der Waals surface area contributed by atoms with Crippen molar-refractivity contribution in [1.82, 2.24) is 0 Å². The Hall–Kier alpha value is 2.03. The summed E-state index contributed by atoms with van der Waals surface area (Å²) in [6.07, 6.45) is 0. The van der Waals surface area contributed by atoms with Gasteiger partial charge in [0.25, 0.3) is 0 Å². The van der Waals surface area contributed by atoms with E-state index < -0.39 is 25.5 Å². The maximum absolute atomic E-state index is 9.82. The average Bonchev–Trinajstić information content (AvgIpc) is 0.918. The molecule has 8 heavy (non-hydrogen) atoms. The standard InChI is InChI=1S/Cu.5FH.Hg.Pb/h;5*1H;;/q+2;;;;;;+1;+2/p-5. The van der Waals surface area contributed by atoms with E-state index in [1.807, 2.05) is 0 Å². The van der Waals surface area contributed by atoms with E-state index in [0.29, 0.717) is 0 Å². The molecule has 0 unspecified atom stereocenters. The molecule has 8 heteroatoms. The minimum absolute atomic E-state index is 0. The van der Waals surface area contributed by atoms with Gasteiger partial charge in [0.05, 0.1) is 0 Å². The third-order valence-corrected chi connectivity index (χ3v) is 0. The molecule has 0 amide bonds. The molecule has 0 aromatic rings. The van der Waals surface area contributed by atoms with E-state index in [4.69, 9.17) is 0 Å². The van der Waals surface area contributed by atoms with Crippen molar-refractivity contribution >= 4 is 25.5 Å². The van der Waals surface area contributed by atoms with Crippen molar-refractivity contribution < 1.29 is 63.9 Å². The molecule has 0 atom stereocenters. The van der Waals surface area contributed by atoms with Crippen molar-refractivity contribution in [2.45, 2.75) is 0 Å². The van der Waals surface area contributed by atoms with Gasteiger partial charge in [0.1, 0.15) is 0 Å². The van der Waals surface area contributed by atoms with Gasteiger partial charge in [-0.2, -0.15) is 0 Å². The molecule has 0 nitrogen and oxygen atoms in total. The Kier molecular flexibility index (Phi) is 400. The zero-order chi connectivity index (χ0) is 2.71. The summed E-state index contributed by atoms with van der Waals surface area (Å²) < 4.78 is 19.6. The largest absolute Gasteiger partial charge is 1.00 e. The first-order chi connectivity index (χ1) is 1.41. The predicted octanol–water partition coefficient (Wildman–Crippen LogP) is -8.53. The van der Waals surface area contributed by atoms with Gasteiger partial charge in [-0.05, 0) is 0 Å². The van der Waals surface area contributed by atoms with Crippen LogP contribution in [0.25, 0.3) is 0 Å². The Labute approximate surface area is 88.3 Å². The topological polar surface area (TPSA) is 0 Å². The molecule has 0 saturated carbocycles. The second-order valence-corrected chi connectivity index (χ2v) is 0.627. The smallest absolute Gasteiger partial charge is 1.00 e. The van der Waals surface area contributed by atoms with Gasteiger partial charge >= 0.3 is 75.2 Å². The van der Waals surface area contributed by atoms with Crippen LogP contribution >= 0.6 is 0 Å². The summed E-state index contributed by atoms with van der Waals surface area (Å²) in [5.74, 6) is 0. The van der Waals surface area contributed by atoms with Crippen LogP contribution < -0.4 is 14.1 Å². The molecule has 0 N–H and O–H groups in total. The van der Waals surface area contributed by atoms with Crippen LogP contribution in [0.15, 0.2) is 0 Å². The van der Waals surface area contributed by atoms with Crippen molar-refractivity contribution in [1.29, 1.82) is 0 Å². The van der Waals surface area contributed by atoms with E-state index in [0.717, 1.165) is 0 Å². The van der Waals surface area contributed by atoms with E-state index in [1.165, 1.54) is 0 Å². The summed E-state index contributed by atoms with van der Waals surface area (Å²) in [7, 11) is 0. The molecule has 0 spiro atoms. The van der Waals surface area contributed by atoms with Crippen LogP contribution in [0.3, 0.4) is 0 Å². The maximum atomic E-state index is 9.82. The average molecular weight is 566 g/mol. The molecule has 0 aliphatic heterocycles. The predicted molar refractivity (Wildman–Crippen MR) is 7.97 cm³/mol. The van der Waals surface area contributed by atoms with Crippen LogP contribution in [0.4, 0.5) is 5.02 Å². The molecular weight excluding hydrogens is 566 g/mol. The monoisotopic (exact) mass is 568 g/mol. The molecule has 0 aromatic heterocycles. The fourth-order valence-corrected chi connectivity index (χ4v) is 0. The van der Waals surface area contributed by atoms with Crippen molar-refractivity contribution in [3.8, 4) is 0 Å². The zero-order valence-corrected chi connectivity index (χ0v) is 13.7. The van der Waals surface area contributed by atoms with Gasteiger partial charge < -0.3 is 14.1 Å². The molecule has 4 radical (unpaired) electrons. The SMILES string of the molecule is [Cu+2].[F-].[F-].[F-].[F][Pb][F].[Hg+]. The van der Waals surface area contributed by atoms with Crippen molar-refractivity contribution in [2.75, 3.05) is 0 Å². The zero-order valence-electron chi connectivity index (χ0n) is 3.40. The first kappa shape index (κ1) is 50.4. The minimum atomic E-state index is -2.92. The van der Waals surface area contributed by atoms with E-state index in [-0.39, 0.29) is 58.9 Å². The molecular formula is CuF5HgPb. The van der Waals surface area contributed by atoms with Gasteiger partial charge in [0, 0.05) is 0 Å². The van der Waals surface area contributed by atoms with Gasteiger partial charge in [-0.25, -0.2) is 0 Å². The Balaban J connectivity index is -0.00000000200. The first-order valence-corrected chi connectivity index (χ1v) is 3.32. The summed E-state index contributed by atoms with van der Waals surface area (Å²) in [6, 6.07) is 0. The maximum Gasteiger partial charge on any atom is 1.00 e. The molecule has 0 bridgehead atoms. The second kappa shape index (κ2) is 63.5. The third kappa shape index (κ3) is 96.5. The van der Waals surface area contributed by atoms with E-state index in [9.17, 15) is 5.02 Å². The number of rotatable bonds is 0. The fourth-order valence-electron chi connectivity index (χ4n) is 0. The van der Waals surface area contributed by atoms with Crippen LogP contribution in [-0.2, 0) is 44.7 Å². The van der Waals surface area contributed by atoms with Crippen LogP contribution in [0, 0.1) is 0 Å². The van der Waals surface area contributed by atoms with Crippen LogP contribution in [0.1, 0.15) is 0 Å². The Morgan fingerprint density at radius 2 is 0.875 bits per heavy atom. The number of halogens is 5. The summed E-state index contributed by atoms with van der Waals surface area (Å²) in [5.41, 5.74) is 0. The molecule has 0 aliphatic carbocycles. The normalized spacial score (nSPS) is 2.25. The summed E-state index contributed by atoms with van der Waals surface area (Å²) in [6.45, 7) is 0. The van der Waals surface area contributed by atoms with Gasteiger partial charge in [0.15, 0.2) is 0 Å². The van der Waals surface area contributed by atoms with Crippen molar-refractivity contribution in [3.05, 3.63) is 0 Å². The van der Waals surface area contributed by atoms with Gasteiger partial charge in [-0.3, -0.25) is 0 Å². The summed E-state index contributed by atoms with van der Waals surface area (Å²) >= 11 is -2.92. The fraction of sp³-hybridized carbons (Fsp3) is 0.